The molecule has 0 saturated carbocycles. The van der Waals surface area contributed by atoms with Crippen molar-refractivity contribution in [1.82, 2.24) is 10.2 Å². The van der Waals surface area contributed by atoms with Gasteiger partial charge in [-0.15, -0.1) is 6.42 Å². The highest BCUT2D eigenvalue weighted by Crippen LogP contribution is 2.35. The third kappa shape index (κ3) is 4.52. The van der Waals surface area contributed by atoms with E-state index in [0.717, 1.165) is 24.4 Å². The predicted molar refractivity (Wildman–Crippen MR) is 107 cm³/mol. The van der Waals surface area contributed by atoms with Crippen LogP contribution in [0.1, 0.15) is 30.9 Å². The fraction of sp³-hybridized carbons (Fsp3) is 0.348. The van der Waals surface area contributed by atoms with Gasteiger partial charge in [0.25, 0.3) is 0 Å². The van der Waals surface area contributed by atoms with Gasteiger partial charge in [0.05, 0.1) is 5.54 Å². The number of terminal acetylenes is 1. The molecule has 0 radical (unpaired) electrons. The Morgan fingerprint density at radius 2 is 1.89 bits per heavy atom. The van der Waals surface area contributed by atoms with Crippen LogP contribution in [0.4, 0.5) is 4.39 Å². The van der Waals surface area contributed by atoms with Crippen LogP contribution in [0.3, 0.4) is 0 Å². The molecule has 3 rings (SSSR count). The number of carbonyl (C=O) groups is 1. The van der Waals surface area contributed by atoms with Gasteiger partial charge in [0.2, 0.25) is 5.91 Å². The van der Waals surface area contributed by atoms with Crippen molar-refractivity contribution >= 4 is 5.91 Å². The molecule has 1 aliphatic heterocycles. The summed E-state index contributed by atoms with van der Waals surface area (Å²) in [5.74, 6) is 2.85. The Labute approximate surface area is 165 Å². The highest BCUT2D eigenvalue weighted by Gasteiger charge is 2.38. The molecule has 0 atom stereocenters. The van der Waals surface area contributed by atoms with E-state index in [1.807, 2.05) is 30.3 Å². The third-order valence-electron chi connectivity index (χ3n) is 5.19. The highest BCUT2D eigenvalue weighted by molar-refractivity contribution is 5.74. The number of likely N-dealkylation sites (tertiary alicyclic amines) is 1. The van der Waals surface area contributed by atoms with Crippen LogP contribution in [0.5, 0.6) is 5.75 Å². The first kappa shape index (κ1) is 19.9. The van der Waals surface area contributed by atoms with Gasteiger partial charge in [-0.2, -0.15) is 0 Å². The average molecular weight is 380 g/mol. The number of nitrogens with zero attached hydrogens (tertiary/aromatic N) is 1. The molecule has 146 valence electrons. The van der Waals surface area contributed by atoms with Crippen molar-refractivity contribution in [2.45, 2.75) is 31.8 Å². The van der Waals surface area contributed by atoms with Crippen LogP contribution >= 0.6 is 0 Å². The van der Waals surface area contributed by atoms with E-state index in [1.54, 1.807) is 12.1 Å². The molecule has 2 aromatic rings. The minimum Gasteiger partial charge on any atom is -0.481 e. The standard InChI is InChI=1S/C23H25FN2O2/c1-3-16-28-22-11-7-4-8-19(22)17-26-14-12-23(13-15-26,25-18(2)27)20-9-5-6-10-21(20)24/h1,4-11H,12-17H2,2H3,(H,25,27). The van der Waals surface area contributed by atoms with Gasteiger partial charge < -0.3 is 10.1 Å². The third-order valence-corrected chi connectivity index (χ3v) is 5.19. The van der Waals surface area contributed by atoms with Crippen LogP contribution in [-0.4, -0.2) is 30.5 Å². The quantitative estimate of drug-likeness (QED) is 0.781. The van der Waals surface area contributed by atoms with Gasteiger partial charge in [0.15, 0.2) is 0 Å². The molecule has 5 heteroatoms. The zero-order valence-corrected chi connectivity index (χ0v) is 16.1. The Morgan fingerprint density at radius 1 is 1.21 bits per heavy atom. The van der Waals surface area contributed by atoms with Crippen LogP contribution in [0, 0.1) is 18.2 Å². The molecule has 2 aromatic carbocycles. The summed E-state index contributed by atoms with van der Waals surface area (Å²) in [6.07, 6.45) is 6.58. The summed E-state index contributed by atoms with van der Waals surface area (Å²) in [4.78, 5) is 14.1. The number of ether oxygens (including phenoxy) is 1. The topological polar surface area (TPSA) is 41.6 Å². The first-order valence-corrected chi connectivity index (χ1v) is 9.44. The summed E-state index contributed by atoms with van der Waals surface area (Å²) in [6, 6.07) is 14.5. The van der Waals surface area contributed by atoms with Crippen molar-refractivity contribution in [3.05, 3.63) is 65.5 Å². The Balaban J connectivity index is 1.74. The van der Waals surface area contributed by atoms with Gasteiger partial charge in [0.1, 0.15) is 18.2 Å². The minimum absolute atomic E-state index is 0.148. The summed E-state index contributed by atoms with van der Waals surface area (Å²) in [5.41, 5.74) is 0.950. The second-order valence-electron chi connectivity index (χ2n) is 7.12. The van der Waals surface area contributed by atoms with Crippen molar-refractivity contribution in [1.29, 1.82) is 0 Å². The zero-order chi connectivity index (χ0) is 20.0. The number of halogens is 1. The maximum atomic E-state index is 14.5. The Hall–Kier alpha value is -2.84. The summed E-state index contributed by atoms with van der Waals surface area (Å²) < 4.78 is 20.1. The van der Waals surface area contributed by atoms with Crippen LogP contribution in [-0.2, 0) is 16.9 Å². The molecule has 1 saturated heterocycles. The molecular formula is C23H25FN2O2. The van der Waals surface area contributed by atoms with E-state index in [4.69, 9.17) is 11.2 Å². The number of hydrogen-bond donors (Lipinski definition) is 1. The summed E-state index contributed by atoms with van der Waals surface area (Å²) >= 11 is 0. The normalized spacial score (nSPS) is 16.2. The lowest BCUT2D eigenvalue weighted by Gasteiger charge is -2.42. The van der Waals surface area contributed by atoms with Crippen LogP contribution < -0.4 is 10.1 Å². The molecule has 28 heavy (non-hydrogen) atoms. The van der Waals surface area contributed by atoms with E-state index in [1.165, 1.54) is 13.0 Å². The van der Waals surface area contributed by atoms with Crippen molar-refractivity contribution < 1.29 is 13.9 Å². The van der Waals surface area contributed by atoms with Gasteiger partial charge in [-0.3, -0.25) is 9.69 Å². The van der Waals surface area contributed by atoms with Crippen molar-refractivity contribution in [3.8, 4) is 18.1 Å². The first-order chi connectivity index (χ1) is 13.5. The number of benzene rings is 2. The number of nitrogens with one attached hydrogen (secondary N) is 1. The predicted octanol–water partition coefficient (Wildman–Crippen LogP) is 3.47. The van der Waals surface area contributed by atoms with Gasteiger partial charge in [-0.25, -0.2) is 4.39 Å². The average Bonchev–Trinajstić information content (AvgIpc) is 2.69. The molecule has 0 unspecified atom stereocenters. The van der Waals surface area contributed by atoms with Gasteiger partial charge in [-0.05, 0) is 25.0 Å². The Kier molecular flexibility index (Phi) is 6.33. The second kappa shape index (κ2) is 8.90. The largest absolute Gasteiger partial charge is 0.481 e. The lowest BCUT2D eigenvalue weighted by molar-refractivity contribution is -0.121. The molecule has 1 fully saturated rings. The number of piperidine rings is 1. The number of amides is 1. The Bertz CT molecular complexity index is 867. The van der Waals surface area contributed by atoms with Gasteiger partial charge >= 0.3 is 0 Å². The van der Waals surface area contributed by atoms with Gasteiger partial charge in [0, 0.05) is 37.7 Å². The number of carbonyl (C=O) groups excluding carboxylic acids is 1. The second-order valence-corrected chi connectivity index (χ2v) is 7.12. The lowest BCUT2D eigenvalue weighted by atomic mass is 9.80. The van der Waals surface area contributed by atoms with Crippen LogP contribution in [0.25, 0.3) is 0 Å². The molecule has 0 aromatic heterocycles. The smallest absolute Gasteiger partial charge is 0.217 e. The van der Waals surface area contributed by atoms with E-state index in [9.17, 15) is 9.18 Å². The maximum absolute atomic E-state index is 14.5. The van der Waals surface area contributed by atoms with Crippen molar-refractivity contribution in [2.24, 2.45) is 0 Å². The summed E-state index contributed by atoms with van der Waals surface area (Å²) in [7, 11) is 0. The fourth-order valence-corrected chi connectivity index (χ4v) is 3.88. The molecule has 1 N–H and O–H groups in total. The summed E-state index contributed by atoms with van der Waals surface area (Å²) in [5, 5.41) is 3.02. The van der Waals surface area contributed by atoms with Gasteiger partial charge in [-0.1, -0.05) is 42.3 Å². The van der Waals surface area contributed by atoms with Crippen molar-refractivity contribution in [3.63, 3.8) is 0 Å². The molecule has 1 aliphatic rings. The van der Waals surface area contributed by atoms with Crippen LogP contribution in [0.15, 0.2) is 48.5 Å². The van der Waals surface area contributed by atoms with E-state index in [2.05, 4.69) is 16.1 Å². The van der Waals surface area contributed by atoms with Crippen molar-refractivity contribution in [2.75, 3.05) is 19.7 Å². The summed E-state index contributed by atoms with van der Waals surface area (Å²) in [6.45, 7) is 3.90. The molecule has 4 nitrogen and oxygen atoms in total. The first-order valence-electron chi connectivity index (χ1n) is 9.44. The van der Waals surface area contributed by atoms with E-state index < -0.39 is 5.54 Å². The monoisotopic (exact) mass is 380 g/mol. The maximum Gasteiger partial charge on any atom is 0.217 e. The highest BCUT2D eigenvalue weighted by atomic mass is 19.1. The molecule has 0 spiro atoms. The Morgan fingerprint density at radius 3 is 2.57 bits per heavy atom. The number of rotatable bonds is 6. The molecule has 1 amide bonds. The number of hydrogen-bond acceptors (Lipinski definition) is 3. The molecule has 1 heterocycles. The van der Waals surface area contributed by atoms with E-state index in [-0.39, 0.29) is 18.3 Å². The zero-order valence-electron chi connectivity index (χ0n) is 16.1. The van der Waals surface area contributed by atoms with E-state index in [0.29, 0.717) is 24.9 Å². The van der Waals surface area contributed by atoms with Crippen LogP contribution in [0.2, 0.25) is 0 Å². The molecule has 0 aliphatic carbocycles. The minimum atomic E-state index is -0.673. The SMILES string of the molecule is C#CCOc1ccccc1CN1CCC(NC(C)=O)(c2ccccc2F)CC1. The molecular weight excluding hydrogens is 355 g/mol. The van der Waals surface area contributed by atoms with E-state index >= 15 is 0 Å². The fourth-order valence-electron chi connectivity index (χ4n) is 3.88. The molecule has 0 bridgehead atoms. The number of para-hydroxylation sites is 1. The lowest BCUT2D eigenvalue weighted by Crippen LogP contribution is -2.52.